The van der Waals surface area contributed by atoms with Crippen LogP contribution in [-0.4, -0.2) is 28.5 Å². The molecule has 2 N–H and O–H groups in total. The highest BCUT2D eigenvalue weighted by molar-refractivity contribution is 6.17. The predicted octanol–water partition coefficient (Wildman–Crippen LogP) is 1.71. The lowest BCUT2D eigenvalue weighted by molar-refractivity contribution is 0.0947. The molecule has 0 aromatic carbocycles. The highest BCUT2D eigenvalue weighted by Crippen LogP contribution is 2.04. The first-order valence-electron chi connectivity index (χ1n) is 4.99. The Morgan fingerprint density at radius 1 is 1.73 bits per heavy atom. The average molecular weight is 230 g/mol. The van der Waals surface area contributed by atoms with E-state index in [0.717, 1.165) is 12.1 Å². The number of H-pyrrole nitrogens is 1. The number of aryl methyl sites for hydroxylation is 1. The average Bonchev–Trinajstić information content (AvgIpc) is 2.61. The third-order valence-electron chi connectivity index (χ3n) is 2.29. The molecule has 0 bridgehead atoms. The molecule has 1 aromatic heterocycles. The molecule has 0 radical (unpaired) electrons. The van der Waals surface area contributed by atoms with Crippen molar-refractivity contribution in [3.63, 3.8) is 0 Å². The van der Waals surface area contributed by atoms with Crippen molar-refractivity contribution < 1.29 is 4.79 Å². The van der Waals surface area contributed by atoms with Gasteiger partial charge >= 0.3 is 0 Å². The zero-order valence-electron chi connectivity index (χ0n) is 9.01. The van der Waals surface area contributed by atoms with Crippen molar-refractivity contribution in [3.8, 4) is 0 Å². The van der Waals surface area contributed by atoms with Gasteiger partial charge in [-0.15, -0.1) is 11.6 Å². The molecule has 4 nitrogen and oxygen atoms in total. The topological polar surface area (TPSA) is 57.8 Å². The minimum Gasteiger partial charge on any atom is -0.352 e. The lowest BCUT2D eigenvalue weighted by Crippen LogP contribution is -2.28. The van der Waals surface area contributed by atoms with E-state index in [4.69, 9.17) is 11.6 Å². The second-order valence-corrected chi connectivity index (χ2v) is 4.08. The molecular weight excluding hydrogens is 214 g/mol. The monoisotopic (exact) mass is 229 g/mol. The SMILES string of the molecule is Cc1[nH]ncc1C(=O)NCC(C)CCCl. The third-order valence-corrected chi connectivity index (χ3v) is 2.51. The number of halogens is 1. The van der Waals surface area contributed by atoms with E-state index in [0.29, 0.717) is 23.9 Å². The molecule has 0 fully saturated rings. The number of hydrogen-bond acceptors (Lipinski definition) is 2. The van der Waals surface area contributed by atoms with Gasteiger partial charge in [0, 0.05) is 18.1 Å². The Morgan fingerprint density at radius 2 is 2.47 bits per heavy atom. The van der Waals surface area contributed by atoms with Crippen LogP contribution in [-0.2, 0) is 0 Å². The van der Waals surface area contributed by atoms with Crippen LogP contribution < -0.4 is 5.32 Å². The fraction of sp³-hybridized carbons (Fsp3) is 0.600. The molecular formula is C10H16ClN3O. The summed E-state index contributed by atoms with van der Waals surface area (Å²) in [5, 5.41) is 9.38. The van der Waals surface area contributed by atoms with Gasteiger partial charge in [-0.25, -0.2) is 0 Å². The highest BCUT2D eigenvalue weighted by atomic mass is 35.5. The minimum absolute atomic E-state index is 0.0809. The molecule has 0 saturated heterocycles. The predicted molar refractivity (Wildman–Crippen MR) is 60.2 cm³/mol. The first-order valence-corrected chi connectivity index (χ1v) is 5.52. The summed E-state index contributed by atoms with van der Waals surface area (Å²) in [7, 11) is 0. The molecule has 84 valence electrons. The van der Waals surface area contributed by atoms with E-state index in [2.05, 4.69) is 22.4 Å². The molecule has 1 atom stereocenters. The van der Waals surface area contributed by atoms with E-state index < -0.39 is 0 Å². The summed E-state index contributed by atoms with van der Waals surface area (Å²) in [6, 6.07) is 0. The smallest absolute Gasteiger partial charge is 0.254 e. The number of carbonyl (C=O) groups is 1. The van der Waals surface area contributed by atoms with Gasteiger partial charge in [-0.3, -0.25) is 9.89 Å². The van der Waals surface area contributed by atoms with Gasteiger partial charge in [0.05, 0.1) is 11.8 Å². The lowest BCUT2D eigenvalue weighted by atomic mass is 10.1. The molecule has 1 aromatic rings. The van der Waals surface area contributed by atoms with E-state index in [1.165, 1.54) is 6.20 Å². The Bertz CT molecular complexity index is 324. The summed E-state index contributed by atoms with van der Waals surface area (Å²) in [6.45, 7) is 4.53. The van der Waals surface area contributed by atoms with E-state index in [-0.39, 0.29) is 5.91 Å². The van der Waals surface area contributed by atoms with Crippen molar-refractivity contribution in [2.24, 2.45) is 5.92 Å². The van der Waals surface area contributed by atoms with E-state index in [1.807, 2.05) is 6.92 Å². The zero-order valence-corrected chi connectivity index (χ0v) is 9.77. The highest BCUT2D eigenvalue weighted by Gasteiger charge is 2.11. The lowest BCUT2D eigenvalue weighted by Gasteiger charge is -2.10. The number of rotatable bonds is 5. The van der Waals surface area contributed by atoms with Crippen molar-refractivity contribution in [1.82, 2.24) is 15.5 Å². The van der Waals surface area contributed by atoms with Crippen molar-refractivity contribution in [1.29, 1.82) is 0 Å². The van der Waals surface area contributed by atoms with Crippen molar-refractivity contribution in [2.45, 2.75) is 20.3 Å². The number of hydrogen-bond donors (Lipinski definition) is 2. The van der Waals surface area contributed by atoms with Crippen molar-refractivity contribution in [3.05, 3.63) is 17.5 Å². The quantitative estimate of drug-likeness (QED) is 0.756. The van der Waals surface area contributed by atoms with Crippen LogP contribution in [0.4, 0.5) is 0 Å². The first-order chi connectivity index (χ1) is 7.15. The van der Waals surface area contributed by atoms with Gasteiger partial charge in [0.15, 0.2) is 0 Å². The Hall–Kier alpha value is -1.03. The van der Waals surface area contributed by atoms with Crippen LogP contribution in [0, 0.1) is 12.8 Å². The maximum Gasteiger partial charge on any atom is 0.254 e. The van der Waals surface area contributed by atoms with Crippen LogP contribution >= 0.6 is 11.6 Å². The number of carbonyl (C=O) groups excluding carboxylic acids is 1. The molecule has 1 heterocycles. The summed E-state index contributed by atoms with van der Waals surface area (Å²) in [5.41, 5.74) is 1.39. The van der Waals surface area contributed by atoms with Gasteiger partial charge in [-0.05, 0) is 19.3 Å². The molecule has 1 rings (SSSR count). The number of aromatic nitrogens is 2. The van der Waals surface area contributed by atoms with Crippen molar-refractivity contribution >= 4 is 17.5 Å². The number of amides is 1. The largest absolute Gasteiger partial charge is 0.352 e. The van der Waals surface area contributed by atoms with Crippen LogP contribution in [0.5, 0.6) is 0 Å². The number of aromatic amines is 1. The second kappa shape index (κ2) is 5.75. The summed E-state index contributed by atoms with van der Waals surface area (Å²) < 4.78 is 0. The summed E-state index contributed by atoms with van der Waals surface area (Å²) in [6.07, 6.45) is 2.45. The molecule has 5 heteroatoms. The first kappa shape index (κ1) is 12.0. The van der Waals surface area contributed by atoms with Crippen LogP contribution in [0.1, 0.15) is 29.4 Å². The Labute approximate surface area is 94.4 Å². The maximum absolute atomic E-state index is 11.6. The third kappa shape index (κ3) is 3.55. The van der Waals surface area contributed by atoms with E-state index in [9.17, 15) is 4.79 Å². The molecule has 1 unspecified atom stereocenters. The normalized spacial score (nSPS) is 12.5. The standard InChI is InChI=1S/C10H16ClN3O/c1-7(3-4-11)5-12-10(15)9-6-13-14-8(9)2/h6-7H,3-5H2,1-2H3,(H,12,15)(H,13,14). The number of alkyl halides is 1. The fourth-order valence-electron chi connectivity index (χ4n) is 1.23. The Kier molecular flexibility index (Phi) is 4.62. The van der Waals surface area contributed by atoms with Gasteiger partial charge in [0.2, 0.25) is 0 Å². The maximum atomic E-state index is 11.6. The van der Waals surface area contributed by atoms with Crippen LogP contribution in [0.25, 0.3) is 0 Å². The van der Waals surface area contributed by atoms with Gasteiger partial charge in [0.25, 0.3) is 5.91 Å². The minimum atomic E-state index is -0.0809. The molecule has 0 aliphatic carbocycles. The molecule has 0 aliphatic rings. The number of nitrogens with zero attached hydrogens (tertiary/aromatic N) is 1. The zero-order chi connectivity index (χ0) is 11.3. The molecule has 15 heavy (non-hydrogen) atoms. The van der Waals surface area contributed by atoms with Gasteiger partial charge in [0.1, 0.15) is 0 Å². The molecule has 0 saturated carbocycles. The number of nitrogens with one attached hydrogen (secondary N) is 2. The van der Waals surface area contributed by atoms with Gasteiger partial charge in [-0.1, -0.05) is 6.92 Å². The molecule has 0 aliphatic heterocycles. The van der Waals surface area contributed by atoms with Crippen LogP contribution in [0.15, 0.2) is 6.20 Å². The van der Waals surface area contributed by atoms with E-state index >= 15 is 0 Å². The van der Waals surface area contributed by atoms with Crippen LogP contribution in [0.2, 0.25) is 0 Å². The fourth-order valence-corrected chi connectivity index (χ4v) is 1.60. The molecule has 0 spiro atoms. The summed E-state index contributed by atoms with van der Waals surface area (Å²) >= 11 is 5.61. The second-order valence-electron chi connectivity index (χ2n) is 3.70. The molecule has 1 amide bonds. The summed E-state index contributed by atoms with van der Waals surface area (Å²) in [5.74, 6) is 0.947. The summed E-state index contributed by atoms with van der Waals surface area (Å²) in [4.78, 5) is 11.6. The van der Waals surface area contributed by atoms with Gasteiger partial charge < -0.3 is 5.32 Å². The van der Waals surface area contributed by atoms with E-state index in [1.54, 1.807) is 0 Å². The Morgan fingerprint density at radius 3 is 3.00 bits per heavy atom. The van der Waals surface area contributed by atoms with Gasteiger partial charge in [-0.2, -0.15) is 5.10 Å². The Balaban J connectivity index is 2.40. The van der Waals surface area contributed by atoms with Crippen molar-refractivity contribution in [2.75, 3.05) is 12.4 Å². The van der Waals surface area contributed by atoms with Crippen LogP contribution in [0.3, 0.4) is 0 Å².